The molecule has 8 heteroatoms. The van der Waals surface area contributed by atoms with Gasteiger partial charge in [0.25, 0.3) is 0 Å². The number of ether oxygens (including phenoxy) is 1. The molecule has 3 aromatic rings. The molecule has 0 spiro atoms. The standard InChI is InChI=1S/C23H16F5NO2/c1-2-3-13-4-6-14(7-5-13)20-19(30)11-18(25)21(22(20)26)23(27,28)31-16-9-8-15(12-29)17(24)10-16/h4-11,30H,2-3H2,1H3. The molecule has 0 aliphatic carbocycles. The van der Waals surface area contributed by atoms with Gasteiger partial charge in [-0.1, -0.05) is 37.6 Å². The van der Waals surface area contributed by atoms with Crippen molar-refractivity contribution in [3.05, 3.63) is 82.7 Å². The Labute approximate surface area is 174 Å². The first-order valence-corrected chi connectivity index (χ1v) is 9.25. The minimum absolute atomic E-state index is 0.0660. The summed E-state index contributed by atoms with van der Waals surface area (Å²) in [6, 6.07) is 10.3. The Morgan fingerprint density at radius 2 is 1.68 bits per heavy atom. The summed E-state index contributed by atoms with van der Waals surface area (Å²) in [6.45, 7) is 1.97. The van der Waals surface area contributed by atoms with Gasteiger partial charge in [0.1, 0.15) is 34.8 Å². The summed E-state index contributed by atoms with van der Waals surface area (Å²) in [7, 11) is 0. The molecule has 3 rings (SSSR count). The van der Waals surface area contributed by atoms with Gasteiger partial charge < -0.3 is 9.84 Å². The van der Waals surface area contributed by atoms with Crippen LogP contribution in [0.5, 0.6) is 11.5 Å². The van der Waals surface area contributed by atoms with Crippen LogP contribution in [0.15, 0.2) is 48.5 Å². The molecular formula is C23H16F5NO2. The van der Waals surface area contributed by atoms with Crippen LogP contribution in [-0.4, -0.2) is 5.11 Å². The smallest absolute Gasteiger partial charge is 0.432 e. The van der Waals surface area contributed by atoms with Gasteiger partial charge >= 0.3 is 6.11 Å². The molecule has 0 aliphatic rings. The Balaban J connectivity index is 2.05. The Morgan fingerprint density at radius 1 is 1.00 bits per heavy atom. The van der Waals surface area contributed by atoms with Crippen molar-refractivity contribution in [3.8, 4) is 28.7 Å². The second kappa shape index (κ2) is 8.64. The number of phenolic OH excluding ortho intramolecular Hbond substituents is 1. The number of rotatable bonds is 6. The minimum atomic E-state index is -4.54. The SMILES string of the molecule is CCCc1ccc(-c2c(O)cc(F)c(C(F)(F)Oc3ccc(C#N)c(F)c3)c2F)cc1. The molecule has 0 radical (unpaired) electrons. The lowest BCUT2D eigenvalue weighted by atomic mass is 9.98. The van der Waals surface area contributed by atoms with Gasteiger partial charge in [0.05, 0.1) is 11.1 Å². The number of benzene rings is 3. The molecule has 160 valence electrons. The maximum atomic E-state index is 15.0. The topological polar surface area (TPSA) is 53.2 Å². The highest BCUT2D eigenvalue weighted by atomic mass is 19.3. The van der Waals surface area contributed by atoms with E-state index in [0.717, 1.165) is 30.5 Å². The molecule has 0 saturated heterocycles. The summed E-state index contributed by atoms with van der Waals surface area (Å²) in [5.74, 6) is -6.17. The van der Waals surface area contributed by atoms with Crippen molar-refractivity contribution in [2.45, 2.75) is 25.9 Å². The van der Waals surface area contributed by atoms with E-state index in [-0.39, 0.29) is 5.56 Å². The van der Waals surface area contributed by atoms with E-state index in [4.69, 9.17) is 5.26 Å². The predicted molar refractivity (Wildman–Crippen MR) is 103 cm³/mol. The molecule has 0 unspecified atom stereocenters. The highest BCUT2D eigenvalue weighted by Crippen LogP contribution is 2.42. The largest absolute Gasteiger partial charge is 0.507 e. The van der Waals surface area contributed by atoms with Crippen molar-refractivity contribution in [2.75, 3.05) is 0 Å². The minimum Gasteiger partial charge on any atom is -0.507 e. The van der Waals surface area contributed by atoms with Crippen LogP contribution in [0.2, 0.25) is 0 Å². The average Bonchev–Trinajstić information content (AvgIpc) is 2.68. The molecule has 0 heterocycles. The fourth-order valence-corrected chi connectivity index (χ4v) is 3.12. The van der Waals surface area contributed by atoms with Crippen LogP contribution in [0.1, 0.15) is 30.0 Å². The highest BCUT2D eigenvalue weighted by Gasteiger charge is 2.43. The summed E-state index contributed by atoms with van der Waals surface area (Å²) in [5, 5.41) is 18.7. The van der Waals surface area contributed by atoms with Crippen molar-refractivity contribution >= 4 is 0 Å². The van der Waals surface area contributed by atoms with E-state index in [1.807, 2.05) is 6.92 Å². The molecule has 1 N–H and O–H groups in total. The van der Waals surface area contributed by atoms with Crippen molar-refractivity contribution in [1.29, 1.82) is 5.26 Å². The summed E-state index contributed by atoms with van der Waals surface area (Å²) < 4.78 is 76.8. The number of hydrogen-bond donors (Lipinski definition) is 1. The van der Waals surface area contributed by atoms with Crippen molar-refractivity contribution in [2.24, 2.45) is 0 Å². The van der Waals surface area contributed by atoms with Crippen LogP contribution in [0.4, 0.5) is 22.0 Å². The van der Waals surface area contributed by atoms with Crippen LogP contribution < -0.4 is 4.74 Å². The third-order valence-electron chi connectivity index (χ3n) is 4.58. The maximum Gasteiger partial charge on any atom is 0.432 e. The molecule has 0 fully saturated rings. The van der Waals surface area contributed by atoms with Crippen LogP contribution in [0.25, 0.3) is 11.1 Å². The first-order chi connectivity index (χ1) is 14.7. The van der Waals surface area contributed by atoms with Crippen LogP contribution in [0, 0.1) is 28.8 Å². The summed E-state index contributed by atoms with van der Waals surface area (Å²) in [6.07, 6.45) is -2.94. The van der Waals surface area contributed by atoms with E-state index in [0.29, 0.717) is 12.1 Å². The van der Waals surface area contributed by atoms with E-state index in [9.17, 15) is 22.7 Å². The molecule has 0 aliphatic heterocycles. The first-order valence-electron chi connectivity index (χ1n) is 9.25. The molecule has 31 heavy (non-hydrogen) atoms. The van der Waals surface area contributed by atoms with Gasteiger partial charge in [-0.25, -0.2) is 13.2 Å². The predicted octanol–water partition coefficient (Wildman–Crippen LogP) is 6.43. The lowest BCUT2D eigenvalue weighted by molar-refractivity contribution is -0.189. The summed E-state index contributed by atoms with van der Waals surface area (Å²) >= 11 is 0. The second-order valence-corrected chi connectivity index (χ2v) is 6.76. The molecular weight excluding hydrogens is 417 g/mol. The van der Waals surface area contributed by atoms with Crippen LogP contribution in [0.3, 0.4) is 0 Å². The fourth-order valence-electron chi connectivity index (χ4n) is 3.12. The van der Waals surface area contributed by atoms with E-state index in [1.54, 1.807) is 12.1 Å². The number of aryl methyl sites for hydroxylation is 1. The molecule has 3 aromatic carbocycles. The van der Waals surface area contributed by atoms with Gasteiger partial charge in [0.15, 0.2) is 5.82 Å². The number of phenols is 1. The Bertz CT molecular complexity index is 1150. The quantitative estimate of drug-likeness (QED) is 0.456. The van der Waals surface area contributed by atoms with Crippen molar-refractivity contribution in [3.63, 3.8) is 0 Å². The fraction of sp³-hybridized carbons (Fsp3) is 0.174. The number of aromatic hydroxyl groups is 1. The number of alkyl halides is 2. The summed E-state index contributed by atoms with van der Waals surface area (Å²) in [5.41, 5.74) is -1.77. The zero-order chi connectivity index (χ0) is 22.8. The Hall–Kier alpha value is -3.60. The maximum absolute atomic E-state index is 15.0. The lowest BCUT2D eigenvalue weighted by Crippen LogP contribution is -2.25. The van der Waals surface area contributed by atoms with Gasteiger partial charge in [-0.2, -0.15) is 14.0 Å². The normalized spacial score (nSPS) is 11.3. The van der Waals surface area contributed by atoms with Gasteiger partial charge in [0.2, 0.25) is 0 Å². The zero-order valence-corrected chi connectivity index (χ0v) is 16.2. The zero-order valence-electron chi connectivity index (χ0n) is 16.2. The Kier molecular flexibility index (Phi) is 6.16. The van der Waals surface area contributed by atoms with Crippen molar-refractivity contribution < 1.29 is 31.8 Å². The molecule has 0 saturated carbocycles. The van der Waals surface area contributed by atoms with E-state index in [1.165, 1.54) is 18.2 Å². The van der Waals surface area contributed by atoms with E-state index < -0.39 is 51.7 Å². The van der Waals surface area contributed by atoms with Crippen LogP contribution >= 0.6 is 0 Å². The van der Waals surface area contributed by atoms with Crippen LogP contribution in [-0.2, 0) is 12.5 Å². The van der Waals surface area contributed by atoms with Crippen molar-refractivity contribution in [1.82, 2.24) is 0 Å². The monoisotopic (exact) mass is 433 g/mol. The second-order valence-electron chi connectivity index (χ2n) is 6.76. The highest BCUT2D eigenvalue weighted by molar-refractivity contribution is 5.72. The lowest BCUT2D eigenvalue weighted by Gasteiger charge is -2.21. The van der Waals surface area contributed by atoms with E-state index in [2.05, 4.69) is 4.74 Å². The van der Waals surface area contributed by atoms with Gasteiger partial charge in [0, 0.05) is 12.1 Å². The summed E-state index contributed by atoms with van der Waals surface area (Å²) in [4.78, 5) is 0. The first kappa shape index (κ1) is 22.1. The molecule has 0 atom stereocenters. The number of hydrogen-bond acceptors (Lipinski definition) is 3. The average molecular weight is 433 g/mol. The van der Waals surface area contributed by atoms with Gasteiger partial charge in [-0.3, -0.25) is 0 Å². The molecule has 0 bridgehead atoms. The Morgan fingerprint density at radius 3 is 2.26 bits per heavy atom. The number of nitriles is 1. The number of nitrogens with zero attached hydrogens (tertiary/aromatic N) is 1. The third-order valence-corrected chi connectivity index (χ3v) is 4.58. The van der Waals surface area contributed by atoms with E-state index >= 15 is 4.39 Å². The molecule has 3 nitrogen and oxygen atoms in total. The number of halogens is 5. The van der Waals surface area contributed by atoms with Gasteiger partial charge in [-0.15, -0.1) is 0 Å². The van der Waals surface area contributed by atoms with Gasteiger partial charge in [-0.05, 0) is 29.7 Å². The molecule has 0 amide bonds. The third kappa shape index (κ3) is 4.45. The molecule has 0 aromatic heterocycles.